The Kier molecular flexibility index (Phi) is 6.63. The molecule has 0 saturated heterocycles. The molecule has 0 bridgehead atoms. The third-order valence-electron chi connectivity index (χ3n) is 2.33. The lowest BCUT2D eigenvalue weighted by Gasteiger charge is -2.09. The quantitative estimate of drug-likeness (QED) is 0.483. The molecule has 0 fully saturated rings. The van der Waals surface area contributed by atoms with Crippen molar-refractivity contribution >= 4 is 27.3 Å². The summed E-state index contributed by atoms with van der Waals surface area (Å²) in [7, 11) is -3.86. The second kappa shape index (κ2) is 7.75. The monoisotopic (exact) mass is 326 g/mol. The molecule has 0 spiro atoms. The zero-order chi connectivity index (χ0) is 15.2. The summed E-state index contributed by atoms with van der Waals surface area (Å²) in [4.78, 5) is -0.269. The van der Waals surface area contributed by atoms with Gasteiger partial charge in [-0.3, -0.25) is 0 Å². The van der Waals surface area contributed by atoms with Gasteiger partial charge >= 0.3 is 0 Å². The van der Waals surface area contributed by atoms with Crippen molar-refractivity contribution in [1.82, 2.24) is 4.72 Å². The fourth-order valence-corrected chi connectivity index (χ4v) is 3.00. The smallest absolute Gasteiger partial charge is 0.242 e. The van der Waals surface area contributed by atoms with Crippen molar-refractivity contribution in [2.45, 2.75) is 11.3 Å². The van der Waals surface area contributed by atoms with Crippen molar-refractivity contribution < 1.29 is 22.7 Å². The number of halogens is 2. The molecule has 1 rings (SSSR count). The van der Waals surface area contributed by atoms with Crippen molar-refractivity contribution in [3.05, 3.63) is 23.0 Å². The van der Waals surface area contributed by atoms with Crippen LogP contribution in [0.5, 0.6) is 0 Å². The molecule has 0 saturated carbocycles. The Bertz CT molecular complexity index is 554. The minimum Gasteiger partial charge on any atom is -0.396 e. The number of sulfonamides is 1. The number of nitrogen functional groups attached to an aromatic ring is 1. The van der Waals surface area contributed by atoms with E-state index in [-0.39, 0.29) is 35.4 Å². The lowest BCUT2D eigenvalue weighted by molar-refractivity contribution is 0.0913. The molecule has 9 heteroatoms. The molecule has 0 heterocycles. The predicted octanol–water partition coefficient (Wildman–Crippen LogP) is 0.739. The highest BCUT2D eigenvalue weighted by molar-refractivity contribution is 7.89. The maximum atomic E-state index is 13.1. The van der Waals surface area contributed by atoms with Gasteiger partial charge in [0.25, 0.3) is 0 Å². The zero-order valence-corrected chi connectivity index (χ0v) is 12.2. The molecule has 6 nitrogen and oxygen atoms in total. The SMILES string of the molecule is Nc1cc(S(=O)(=O)NCCCOCCO)c(Cl)cc1F. The van der Waals surface area contributed by atoms with Gasteiger partial charge in [-0.1, -0.05) is 11.6 Å². The first-order valence-corrected chi connectivity index (χ1v) is 7.67. The van der Waals surface area contributed by atoms with Gasteiger partial charge in [-0.05, 0) is 18.6 Å². The normalized spacial score (nSPS) is 11.8. The lowest BCUT2D eigenvalue weighted by Crippen LogP contribution is -2.26. The molecule has 0 amide bonds. The van der Waals surface area contributed by atoms with Gasteiger partial charge in [-0.25, -0.2) is 17.5 Å². The van der Waals surface area contributed by atoms with E-state index in [0.717, 1.165) is 12.1 Å². The Hall–Kier alpha value is -0.930. The first-order valence-electron chi connectivity index (χ1n) is 5.81. The van der Waals surface area contributed by atoms with E-state index in [1.54, 1.807) is 0 Å². The number of aliphatic hydroxyl groups excluding tert-OH is 1. The van der Waals surface area contributed by atoms with Crippen molar-refractivity contribution in [2.24, 2.45) is 0 Å². The molecule has 0 aliphatic rings. The van der Waals surface area contributed by atoms with E-state index in [2.05, 4.69) is 4.72 Å². The Labute approximate surface area is 121 Å². The maximum Gasteiger partial charge on any atom is 0.242 e. The summed E-state index contributed by atoms with van der Waals surface area (Å²) < 4.78 is 44.3. The first kappa shape index (κ1) is 17.1. The van der Waals surface area contributed by atoms with Crippen LogP contribution in [-0.2, 0) is 14.8 Å². The first-order chi connectivity index (χ1) is 9.38. The number of ether oxygens (including phenoxy) is 1. The summed E-state index contributed by atoms with van der Waals surface area (Å²) in [5.74, 6) is -0.772. The molecule has 1 aromatic rings. The fourth-order valence-electron chi connectivity index (χ4n) is 1.38. The van der Waals surface area contributed by atoms with Crippen LogP contribution in [0.3, 0.4) is 0 Å². The average molecular weight is 327 g/mol. The van der Waals surface area contributed by atoms with E-state index in [0.29, 0.717) is 13.0 Å². The molecule has 1 aromatic carbocycles. The van der Waals surface area contributed by atoms with Crippen LogP contribution in [-0.4, -0.2) is 39.9 Å². The Morgan fingerprint density at radius 2 is 2.10 bits per heavy atom. The maximum absolute atomic E-state index is 13.1. The van der Waals surface area contributed by atoms with E-state index >= 15 is 0 Å². The number of benzene rings is 1. The summed E-state index contributed by atoms with van der Waals surface area (Å²) in [6.07, 6.45) is 0.424. The number of aliphatic hydroxyl groups is 1. The number of nitrogens with one attached hydrogen (secondary N) is 1. The molecule has 0 aliphatic carbocycles. The molecule has 20 heavy (non-hydrogen) atoms. The number of nitrogens with two attached hydrogens (primary N) is 1. The number of anilines is 1. The second-order valence-corrected chi connectivity index (χ2v) is 6.03. The lowest BCUT2D eigenvalue weighted by atomic mass is 10.3. The van der Waals surface area contributed by atoms with Gasteiger partial charge in [0.2, 0.25) is 10.0 Å². The highest BCUT2D eigenvalue weighted by atomic mass is 35.5. The van der Waals surface area contributed by atoms with E-state index in [1.165, 1.54) is 0 Å². The molecule has 4 N–H and O–H groups in total. The van der Waals surface area contributed by atoms with Crippen molar-refractivity contribution in [3.8, 4) is 0 Å². The summed E-state index contributed by atoms with van der Waals surface area (Å²) in [5.41, 5.74) is 5.04. The van der Waals surface area contributed by atoms with Gasteiger partial charge in [0.1, 0.15) is 10.7 Å². The molecule has 0 aliphatic heterocycles. The van der Waals surface area contributed by atoms with Crippen LogP contribution >= 0.6 is 11.6 Å². The van der Waals surface area contributed by atoms with Crippen LogP contribution in [0.4, 0.5) is 10.1 Å². The molecule has 114 valence electrons. The standard InChI is InChI=1S/C11H16ClFN2O4S/c12-8-6-9(13)10(14)7-11(8)20(17,18)15-2-1-4-19-5-3-16/h6-7,15-16H,1-5,14H2. The van der Waals surface area contributed by atoms with Crippen molar-refractivity contribution in [3.63, 3.8) is 0 Å². The van der Waals surface area contributed by atoms with E-state index in [9.17, 15) is 12.8 Å². The zero-order valence-electron chi connectivity index (χ0n) is 10.6. The minimum absolute atomic E-state index is 0.0871. The third kappa shape index (κ3) is 4.88. The van der Waals surface area contributed by atoms with Gasteiger partial charge in [-0.15, -0.1) is 0 Å². The van der Waals surface area contributed by atoms with Crippen LogP contribution in [0.25, 0.3) is 0 Å². The molecule has 0 aromatic heterocycles. The molecule has 0 radical (unpaired) electrons. The molecular formula is C11H16ClFN2O4S. The Morgan fingerprint density at radius 3 is 2.75 bits per heavy atom. The fraction of sp³-hybridized carbons (Fsp3) is 0.455. The van der Waals surface area contributed by atoms with Crippen LogP contribution in [0.2, 0.25) is 5.02 Å². The highest BCUT2D eigenvalue weighted by Gasteiger charge is 2.19. The van der Waals surface area contributed by atoms with E-state index in [1.807, 2.05) is 0 Å². The predicted molar refractivity (Wildman–Crippen MR) is 73.5 cm³/mol. The van der Waals surface area contributed by atoms with Crippen molar-refractivity contribution in [1.29, 1.82) is 0 Å². The van der Waals surface area contributed by atoms with Crippen LogP contribution in [0, 0.1) is 5.82 Å². The van der Waals surface area contributed by atoms with Crippen LogP contribution in [0.15, 0.2) is 17.0 Å². The summed E-state index contributed by atoms with van der Waals surface area (Å²) in [6, 6.07) is 1.83. The molecule has 0 atom stereocenters. The third-order valence-corrected chi connectivity index (χ3v) is 4.26. The Balaban J connectivity index is 2.63. The molecule has 0 unspecified atom stereocenters. The molecular weight excluding hydrogens is 311 g/mol. The average Bonchev–Trinajstić information content (AvgIpc) is 2.37. The minimum atomic E-state index is -3.86. The summed E-state index contributed by atoms with van der Waals surface area (Å²) in [5, 5.41) is 8.25. The summed E-state index contributed by atoms with van der Waals surface area (Å²) in [6.45, 7) is 0.549. The van der Waals surface area contributed by atoms with Crippen LogP contribution < -0.4 is 10.5 Å². The topological polar surface area (TPSA) is 102 Å². The van der Waals surface area contributed by atoms with Gasteiger partial charge < -0.3 is 15.6 Å². The largest absolute Gasteiger partial charge is 0.396 e. The van der Waals surface area contributed by atoms with Gasteiger partial charge in [0.05, 0.1) is 23.9 Å². The van der Waals surface area contributed by atoms with Gasteiger partial charge in [-0.2, -0.15) is 0 Å². The van der Waals surface area contributed by atoms with E-state index in [4.69, 9.17) is 27.2 Å². The van der Waals surface area contributed by atoms with E-state index < -0.39 is 15.8 Å². The van der Waals surface area contributed by atoms with Crippen LogP contribution in [0.1, 0.15) is 6.42 Å². The second-order valence-electron chi connectivity index (χ2n) is 3.89. The number of hydrogen-bond donors (Lipinski definition) is 3. The summed E-state index contributed by atoms with van der Waals surface area (Å²) >= 11 is 5.70. The number of hydrogen-bond acceptors (Lipinski definition) is 5. The van der Waals surface area contributed by atoms with Gasteiger partial charge in [0, 0.05) is 13.2 Å². The Morgan fingerprint density at radius 1 is 1.40 bits per heavy atom. The van der Waals surface area contributed by atoms with Crippen molar-refractivity contribution in [2.75, 3.05) is 32.1 Å². The van der Waals surface area contributed by atoms with Gasteiger partial charge in [0.15, 0.2) is 0 Å². The highest BCUT2D eigenvalue weighted by Crippen LogP contribution is 2.26. The number of rotatable bonds is 8.